The minimum atomic E-state index is -0.126. The average Bonchev–Trinajstić information content (AvgIpc) is 2.52. The van der Waals surface area contributed by atoms with Crippen LogP contribution in [0.1, 0.15) is 5.56 Å². The highest BCUT2D eigenvalue weighted by Gasteiger charge is 1.87. The predicted molar refractivity (Wildman–Crippen MR) is 98.7 cm³/mol. The highest BCUT2D eigenvalue weighted by atomic mass is 32.1. The normalized spacial score (nSPS) is 9.16. The maximum absolute atomic E-state index is 10.7. The van der Waals surface area contributed by atoms with E-state index in [2.05, 4.69) is 42.1 Å². The van der Waals surface area contributed by atoms with E-state index in [9.17, 15) is 4.79 Å². The second-order valence-corrected chi connectivity index (χ2v) is 4.84. The van der Waals surface area contributed by atoms with E-state index in [0.29, 0.717) is 22.0 Å². The van der Waals surface area contributed by atoms with Crippen LogP contribution in [0.15, 0.2) is 35.5 Å². The molecule has 3 rings (SSSR count). The van der Waals surface area contributed by atoms with Crippen LogP contribution < -0.4 is 28.5 Å². The first-order chi connectivity index (χ1) is 11.8. The van der Waals surface area contributed by atoms with Crippen LogP contribution in [0, 0.1) is 11.7 Å². The summed E-state index contributed by atoms with van der Waals surface area (Å²) in [4.78, 5) is 30.3. The van der Waals surface area contributed by atoms with Crippen molar-refractivity contribution in [1.82, 2.24) is 29.9 Å². The van der Waals surface area contributed by atoms with Gasteiger partial charge in [0.25, 0.3) is 5.56 Å². The number of anilines is 4. The van der Waals surface area contributed by atoms with E-state index in [1.807, 2.05) is 0 Å². The van der Waals surface area contributed by atoms with Crippen molar-refractivity contribution >= 4 is 35.8 Å². The SMILES string of the molecule is Cc1c[nH]c(=S)[nH]c1=O.Nc1ccnc(N)n1.Nc1ccnc(N)n1. The lowest BCUT2D eigenvalue weighted by molar-refractivity contribution is 1.05. The summed E-state index contributed by atoms with van der Waals surface area (Å²) in [6.07, 6.45) is 4.61. The quantitative estimate of drug-likeness (QED) is 0.296. The molecule has 0 saturated carbocycles. The van der Waals surface area contributed by atoms with E-state index < -0.39 is 0 Å². The van der Waals surface area contributed by atoms with E-state index in [1.54, 1.807) is 25.3 Å². The molecule has 0 bridgehead atoms. The lowest BCUT2D eigenvalue weighted by atomic mass is 10.4. The average molecular weight is 362 g/mol. The molecule has 132 valence electrons. The smallest absolute Gasteiger partial charge is 0.254 e. The lowest BCUT2D eigenvalue weighted by Crippen LogP contribution is -2.09. The molecule has 0 spiro atoms. The summed E-state index contributed by atoms with van der Waals surface area (Å²) in [5.41, 5.74) is 21.3. The van der Waals surface area contributed by atoms with E-state index in [4.69, 9.17) is 22.9 Å². The number of nitrogens with one attached hydrogen (secondary N) is 2. The molecular formula is C13H18N10OS. The Labute approximate surface area is 147 Å². The van der Waals surface area contributed by atoms with Crippen LogP contribution in [0.3, 0.4) is 0 Å². The van der Waals surface area contributed by atoms with Crippen LogP contribution in [0.4, 0.5) is 23.5 Å². The van der Waals surface area contributed by atoms with Gasteiger partial charge in [-0.15, -0.1) is 0 Å². The molecular weight excluding hydrogens is 344 g/mol. The number of aromatic nitrogens is 6. The summed E-state index contributed by atoms with van der Waals surface area (Å²) in [6, 6.07) is 3.16. The van der Waals surface area contributed by atoms with E-state index in [0.717, 1.165) is 0 Å². The molecule has 3 aromatic rings. The second-order valence-electron chi connectivity index (χ2n) is 4.43. The number of nitrogens with two attached hydrogens (primary N) is 4. The monoisotopic (exact) mass is 362 g/mol. The van der Waals surface area contributed by atoms with Gasteiger partial charge in [-0.3, -0.25) is 9.78 Å². The first-order valence-electron chi connectivity index (χ1n) is 6.74. The predicted octanol–water partition coefficient (Wildman–Crippen LogP) is 0.0229. The molecule has 25 heavy (non-hydrogen) atoms. The van der Waals surface area contributed by atoms with Crippen LogP contribution in [-0.2, 0) is 0 Å². The summed E-state index contributed by atoms with van der Waals surface area (Å²) in [5.74, 6) is 1.23. The molecule has 0 atom stereocenters. The molecule has 0 radical (unpaired) electrons. The number of aryl methyl sites for hydroxylation is 1. The fourth-order valence-electron chi connectivity index (χ4n) is 1.25. The fourth-order valence-corrected chi connectivity index (χ4v) is 1.41. The molecule has 3 heterocycles. The molecule has 12 heteroatoms. The highest BCUT2D eigenvalue weighted by Crippen LogP contribution is 1.95. The van der Waals surface area contributed by atoms with Gasteiger partial charge in [0.1, 0.15) is 11.6 Å². The van der Waals surface area contributed by atoms with Gasteiger partial charge in [-0.25, -0.2) is 9.97 Å². The summed E-state index contributed by atoms with van der Waals surface area (Å²) < 4.78 is 0.366. The first kappa shape index (κ1) is 19.5. The maximum atomic E-state index is 10.7. The Balaban J connectivity index is 0.000000188. The summed E-state index contributed by atoms with van der Waals surface area (Å²) >= 11 is 4.65. The van der Waals surface area contributed by atoms with Crippen LogP contribution in [0.2, 0.25) is 0 Å². The molecule has 0 aromatic carbocycles. The van der Waals surface area contributed by atoms with Crippen molar-refractivity contribution in [2.24, 2.45) is 0 Å². The summed E-state index contributed by atoms with van der Waals surface area (Å²) in [6.45, 7) is 1.71. The van der Waals surface area contributed by atoms with Crippen molar-refractivity contribution in [2.75, 3.05) is 22.9 Å². The van der Waals surface area contributed by atoms with Gasteiger partial charge >= 0.3 is 0 Å². The zero-order valence-corrected chi connectivity index (χ0v) is 14.1. The van der Waals surface area contributed by atoms with Crippen LogP contribution in [0.25, 0.3) is 0 Å². The van der Waals surface area contributed by atoms with Crippen molar-refractivity contribution in [3.8, 4) is 0 Å². The van der Waals surface area contributed by atoms with Gasteiger partial charge in [0.2, 0.25) is 11.9 Å². The largest absolute Gasteiger partial charge is 0.384 e. The second kappa shape index (κ2) is 9.57. The van der Waals surface area contributed by atoms with Gasteiger partial charge in [-0.05, 0) is 31.3 Å². The number of aromatic amines is 2. The molecule has 11 nitrogen and oxygen atoms in total. The minimum Gasteiger partial charge on any atom is -0.384 e. The third-order valence-corrected chi connectivity index (χ3v) is 2.62. The molecule has 0 amide bonds. The van der Waals surface area contributed by atoms with Gasteiger partial charge in [0.05, 0.1) is 0 Å². The molecule has 3 aromatic heterocycles. The Hall–Kier alpha value is -3.54. The van der Waals surface area contributed by atoms with Gasteiger partial charge in [0.15, 0.2) is 4.77 Å². The number of nitrogen functional groups attached to an aromatic ring is 4. The lowest BCUT2D eigenvalue weighted by Gasteiger charge is -1.89. The number of H-pyrrole nitrogens is 2. The minimum absolute atomic E-state index is 0.126. The van der Waals surface area contributed by atoms with Crippen molar-refractivity contribution in [3.05, 3.63) is 51.4 Å². The molecule has 0 unspecified atom stereocenters. The number of rotatable bonds is 0. The third kappa shape index (κ3) is 8.03. The topological polar surface area (TPSA) is 204 Å². The van der Waals surface area contributed by atoms with Gasteiger partial charge in [-0.2, -0.15) is 9.97 Å². The molecule has 0 fully saturated rings. The maximum Gasteiger partial charge on any atom is 0.254 e. The molecule has 0 saturated heterocycles. The van der Waals surface area contributed by atoms with Crippen LogP contribution >= 0.6 is 12.2 Å². The Morgan fingerprint density at radius 1 is 0.960 bits per heavy atom. The Bertz CT molecular complexity index is 845. The summed E-state index contributed by atoms with van der Waals surface area (Å²) in [5, 5.41) is 0. The number of hydrogen-bond acceptors (Lipinski definition) is 10. The van der Waals surface area contributed by atoms with Gasteiger partial charge < -0.3 is 27.9 Å². The van der Waals surface area contributed by atoms with E-state index >= 15 is 0 Å². The first-order valence-corrected chi connectivity index (χ1v) is 7.15. The van der Waals surface area contributed by atoms with Crippen molar-refractivity contribution in [2.45, 2.75) is 6.92 Å². The zero-order chi connectivity index (χ0) is 18.8. The Kier molecular flexibility index (Phi) is 7.46. The summed E-state index contributed by atoms with van der Waals surface area (Å²) in [7, 11) is 0. The fraction of sp³-hybridized carbons (Fsp3) is 0.0769. The zero-order valence-electron chi connectivity index (χ0n) is 13.3. The van der Waals surface area contributed by atoms with Crippen LogP contribution in [-0.4, -0.2) is 29.9 Å². The Morgan fingerprint density at radius 3 is 1.72 bits per heavy atom. The van der Waals surface area contributed by atoms with Gasteiger partial charge in [-0.1, -0.05) is 0 Å². The molecule has 0 aliphatic rings. The van der Waals surface area contributed by atoms with Crippen molar-refractivity contribution in [3.63, 3.8) is 0 Å². The van der Waals surface area contributed by atoms with Gasteiger partial charge in [0, 0.05) is 24.2 Å². The molecule has 0 aliphatic carbocycles. The Morgan fingerprint density at radius 2 is 1.44 bits per heavy atom. The molecule has 0 aliphatic heterocycles. The highest BCUT2D eigenvalue weighted by molar-refractivity contribution is 7.71. The van der Waals surface area contributed by atoms with Crippen LogP contribution in [0.5, 0.6) is 0 Å². The van der Waals surface area contributed by atoms with Crippen molar-refractivity contribution in [1.29, 1.82) is 0 Å². The van der Waals surface area contributed by atoms with E-state index in [-0.39, 0.29) is 17.5 Å². The van der Waals surface area contributed by atoms with Crippen molar-refractivity contribution < 1.29 is 0 Å². The standard InChI is InChI=1S/C5H6N2OS.2C4H6N4/c1-3-2-6-5(9)7-4(3)8;2*5-3-1-2-7-4(6)8-3/h2H,1H3,(H2,6,7,8,9);2*1-2H,(H4,5,6,7,8). The number of hydrogen-bond donors (Lipinski definition) is 6. The number of nitrogens with zero attached hydrogens (tertiary/aromatic N) is 4. The van der Waals surface area contributed by atoms with E-state index in [1.165, 1.54) is 12.4 Å². The molecule has 10 N–H and O–H groups in total. The third-order valence-electron chi connectivity index (χ3n) is 2.40.